The van der Waals surface area contributed by atoms with E-state index in [0.29, 0.717) is 40.8 Å². The lowest BCUT2D eigenvalue weighted by atomic mass is 9.92. The number of rotatable bonds is 12. The number of benzene rings is 3. The Bertz CT molecular complexity index is 2220. The van der Waals surface area contributed by atoms with Crippen LogP contribution in [0.5, 0.6) is 0 Å². The molecule has 5 rings (SSSR count). The van der Waals surface area contributed by atoms with Gasteiger partial charge in [-0.2, -0.15) is 0 Å². The molecule has 1 N–H and O–H groups in total. The first-order chi connectivity index (χ1) is 25.5. The summed E-state index contributed by atoms with van der Waals surface area (Å²) in [7, 11) is -3.61. The van der Waals surface area contributed by atoms with Gasteiger partial charge in [-0.05, 0) is 79.8 Å². The summed E-state index contributed by atoms with van der Waals surface area (Å²) >= 11 is 6.88. The van der Waals surface area contributed by atoms with E-state index in [-0.39, 0.29) is 41.0 Å². The molecular formula is C38H39ClN2O12S. The lowest BCUT2D eigenvalue weighted by Gasteiger charge is -2.31. The highest BCUT2D eigenvalue weighted by Gasteiger charge is 2.31. The standard InChI is InChI=1S/C38H39ClN2O12S/c1-6-49-36(44)22(3)51-38(46)53-23(4)52-37(45)30(18-24-8-7-9-28(17-24)54(5,47)48)40-34(42)32-21(2)16-27-20-41(14-12-29(27)33(32)39)35(43)26-11-10-25-13-15-50-31(25)19-26/h7-11,13,15-17,19,22-23,30H,6,12,14,18,20H2,1-5H3,(H,40,42)/t22-,23?,30+/m1/s1. The molecule has 0 spiro atoms. The zero-order chi connectivity index (χ0) is 39.3. The van der Waals surface area contributed by atoms with E-state index >= 15 is 0 Å². The lowest BCUT2D eigenvalue weighted by Crippen LogP contribution is -2.45. The molecule has 3 atom stereocenters. The van der Waals surface area contributed by atoms with Crippen molar-refractivity contribution in [1.29, 1.82) is 0 Å². The Morgan fingerprint density at radius 1 is 0.981 bits per heavy atom. The van der Waals surface area contributed by atoms with E-state index in [9.17, 15) is 32.4 Å². The first-order valence-electron chi connectivity index (χ1n) is 17.0. The third-order valence-electron chi connectivity index (χ3n) is 8.66. The van der Waals surface area contributed by atoms with Crippen molar-refractivity contribution in [2.45, 2.75) is 70.4 Å². The summed E-state index contributed by atoms with van der Waals surface area (Å²) in [5.41, 5.74) is 3.46. The fourth-order valence-corrected chi connectivity index (χ4v) is 7.14. The van der Waals surface area contributed by atoms with Crippen molar-refractivity contribution in [2.24, 2.45) is 0 Å². The minimum Gasteiger partial charge on any atom is -0.464 e. The number of furan rings is 1. The van der Waals surface area contributed by atoms with Gasteiger partial charge in [-0.1, -0.05) is 35.9 Å². The van der Waals surface area contributed by atoms with Crippen molar-refractivity contribution < 1.29 is 55.8 Å². The van der Waals surface area contributed by atoms with Gasteiger partial charge in [0.25, 0.3) is 11.8 Å². The van der Waals surface area contributed by atoms with Crippen molar-refractivity contribution in [3.63, 3.8) is 0 Å². The molecule has 54 heavy (non-hydrogen) atoms. The van der Waals surface area contributed by atoms with Crippen LogP contribution < -0.4 is 5.32 Å². The van der Waals surface area contributed by atoms with E-state index in [2.05, 4.69) is 5.32 Å². The van der Waals surface area contributed by atoms with Gasteiger partial charge >= 0.3 is 18.1 Å². The maximum atomic E-state index is 13.9. The van der Waals surface area contributed by atoms with E-state index in [1.807, 2.05) is 12.1 Å². The van der Waals surface area contributed by atoms with Crippen LogP contribution in [0.3, 0.4) is 0 Å². The van der Waals surface area contributed by atoms with Crippen molar-refractivity contribution in [3.05, 3.63) is 99.3 Å². The predicted molar refractivity (Wildman–Crippen MR) is 195 cm³/mol. The topological polar surface area (TPSA) is 185 Å². The fourth-order valence-electron chi connectivity index (χ4n) is 6.00. The number of fused-ring (bicyclic) bond motifs is 2. The summed E-state index contributed by atoms with van der Waals surface area (Å²) in [6.45, 7) is 6.41. The van der Waals surface area contributed by atoms with Crippen LogP contribution in [0.25, 0.3) is 11.0 Å². The van der Waals surface area contributed by atoms with Gasteiger partial charge in [0, 0.05) is 43.6 Å². The average molecular weight is 783 g/mol. The van der Waals surface area contributed by atoms with Crippen LogP contribution in [0.15, 0.2) is 70.2 Å². The number of amides is 2. The minimum absolute atomic E-state index is 0.00349. The van der Waals surface area contributed by atoms with Crippen molar-refractivity contribution in [2.75, 3.05) is 19.4 Å². The highest BCUT2D eigenvalue weighted by atomic mass is 35.5. The van der Waals surface area contributed by atoms with E-state index in [0.717, 1.165) is 17.2 Å². The lowest BCUT2D eigenvalue weighted by molar-refractivity contribution is -0.173. The zero-order valence-corrected chi connectivity index (χ0v) is 31.7. The van der Waals surface area contributed by atoms with Gasteiger partial charge in [-0.15, -0.1) is 0 Å². The van der Waals surface area contributed by atoms with Crippen LogP contribution in [0.4, 0.5) is 4.79 Å². The second kappa shape index (κ2) is 16.7. The normalized spacial score (nSPS) is 14.3. The molecule has 0 saturated heterocycles. The number of nitrogens with one attached hydrogen (secondary N) is 1. The van der Waals surface area contributed by atoms with Crippen LogP contribution in [-0.2, 0) is 57.8 Å². The molecule has 1 aromatic heterocycles. The van der Waals surface area contributed by atoms with E-state index in [4.69, 9.17) is 35.0 Å². The third-order valence-corrected chi connectivity index (χ3v) is 10.2. The van der Waals surface area contributed by atoms with Crippen LogP contribution >= 0.6 is 11.6 Å². The summed E-state index contributed by atoms with van der Waals surface area (Å²) in [5, 5.41) is 3.70. The van der Waals surface area contributed by atoms with Gasteiger partial charge in [-0.25, -0.2) is 22.8 Å². The Hall–Kier alpha value is -5.41. The summed E-state index contributed by atoms with van der Waals surface area (Å²) in [6, 6.07) is 13.3. The van der Waals surface area contributed by atoms with Crippen molar-refractivity contribution >= 4 is 62.3 Å². The van der Waals surface area contributed by atoms with Crippen molar-refractivity contribution in [1.82, 2.24) is 10.2 Å². The molecule has 4 aromatic rings. The number of sulfone groups is 1. The number of halogens is 1. The Morgan fingerprint density at radius 3 is 2.46 bits per heavy atom. The monoisotopic (exact) mass is 782 g/mol. The summed E-state index contributed by atoms with van der Waals surface area (Å²) in [5.74, 6) is -2.73. The first-order valence-corrected chi connectivity index (χ1v) is 19.2. The van der Waals surface area contributed by atoms with Gasteiger partial charge in [-0.3, -0.25) is 9.59 Å². The molecule has 3 aromatic carbocycles. The highest BCUT2D eigenvalue weighted by molar-refractivity contribution is 7.90. The van der Waals surface area contributed by atoms with Crippen LogP contribution in [0.2, 0.25) is 5.02 Å². The molecule has 286 valence electrons. The maximum absolute atomic E-state index is 13.9. The number of ether oxygens (including phenoxy) is 4. The number of esters is 2. The molecule has 0 aliphatic carbocycles. The van der Waals surface area contributed by atoms with Gasteiger partial charge < -0.3 is 33.6 Å². The second-order valence-corrected chi connectivity index (χ2v) is 15.1. The molecule has 2 amide bonds. The van der Waals surface area contributed by atoms with E-state index in [1.54, 1.807) is 49.3 Å². The fraction of sp³-hybridized carbons (Fsp3) is 0.342. The smallest absolute Gasteiger partial charge is 0.464 e. The van der Waals surface area contributed by atoms with E-state index < -0.39 is 52.3 Å². The minimum atomic E-state index is -3.61. The zero-order valence-electron chi connectivity index (χ0n) is 30.2. The number of hydrogen-bond donors (Lipinski definition) is 1. The van der Waals surface area contributed by atoms with Gasteiger partial charge in [0.2, 0.25) is 6.29 Å². The largest absolute Gasteiger partial charge is 0.512 e. The number of carbonyl (C=O) groups is 5. The Morgan fingerprint density at radius 2 is 1.74 bits per heavy atom. The number of aryl methyl sites for hydroxylation is 1. The number of nitrogens with zero attached hydrogens (tertiary/aromatic N) is 1. The Kier molecular flexibility index (Phi) is 12.3. The molecule has 1 aliphatic rings. The molecule has 1 unspecified atom stereocenters. The summed E-state index contributed by atoms with van der Waals surface area (Å²) in [4.78, 5) is 66.6. The van der Waals surface area contributed by atoms with Gasteiger partial charge in [0.1, 0.15) is 11.6 Å². The molecule has 0 radical (unpaired) electrons. The second-order valence-electron chi connectivity index (χ2n) is 12.7. The van der Waals surface area contributed by atoms with Gasteiger partial charge in [0.15, 0.2) is 15.9 Å². The average Bonchev–Trinajstić information content (AvgIpc) is 3.58. The molecule has 1 aliphatic heterocycles. The number of carbonyl (C=O) groups excluding carboxylic acids is 5. The Balaban J connectivity index is 1.34. The van der Waals surface area contributed by atoms with Crippen molar-refractivity contribution in [3.8, 4) is 0 Å². The molecule has 2 heterocycles. The Labute approximate surface area is 316 Å². The maximum Gasteiger partial charge on any atom is 0.512 e. The molecular weight excluding hydrogens is 744 g/mol. The molecule has 0 saturated carbocycles. The first kappa shape index (κ1) is 39.8. The SMILES string of the molecule is CCOC(=O)[C@@H](C)OC(=O)OC(C)OC(=O)[C@H](Cc1cccc(S(C)(=O)=O)c1)NC(=O)c1c(C)cc2c(c1Cl)CCN(C(=O)c1ccc3ccoc3c1)C2. The summed E-state index contributed by atoms with van der Waals surface area (Å²) < 4.78 is 49.9. The highest BCUT2D eigenvalue weighted by Crippen LogP contribution is 2.33. The molecule has 16 heteroatoms. The van der Waals surface area contributed by atoms with Crippen LogP contribution in [0.1, 0.15) is 63.7 Å². The number of hydrogen-bond acceptors (Lipinski definition) is 12. The van der Waals surface area contributed by atoms with E-state index in [1.165, 1.54) is 32.0 Å². The molecule has 0 fully saturated rings. The summed E-state index contributed by atoms with van der Waals surface area (Å²) in [6.07, 6.45) is -1.40. The predicted octanol–water partition coefficient (Wildman–Crippen LogP) is 5.33. The van der Waals surface area contributed by atoms with Crippen LogP contribution in [-0.4, -0.2) is 81.1 Å². The van der Waals surface area contributed by atoms with Crippen LogP contribution in [0, 0.1) is 6.92 Å². The van der Waals surface area contributed by atoms with Gasteiger partial charge in [0.05, 0.1) is 28.4 Å². The quantitative estimate of drug-likeness (QED) is 0.111. The molecule has 14 nitrogen and oxygen atoms in total. The molecule has 0 bridgehead atoms. The third kappa shape index (κ3) is 9.38.